The van der Waals surface area contributed by atoms with Crippen LogP contribution in [0.1, 0.15) is 27.7 Å². The smallest absolute Gasteiger partial charge is 0.876 e. The third kappa shape index (κ3) is 32.2. The molecule has 0 aliphatic rings. The van der Waals surface area contributed by atoms with Crippen LogP contribution in [0.4, 0.5) is 0 Å². The van der Waals surface area contributed by atoms with Crippen LogP contribution in [0, 0.1) is 0 Å². The van der Waals surface area contributed by atoms with Gasteiger partial charge in [0.25, 0.3) is 0 Å². The van der Waals surface area contributed by atoms with Crippen molar-refractivity contribution in [2.24, 2.45) is 0 Å². The number of hydrogen-bond acceptors (Lipinski definition) is 4. The molecule has 0 N–H and O–H groups in total. The predicted molar refractivity (Wildman–Crippen MR) is 48.9 cm³/mol. The normalized spacial score (nSPS) is 10.7. The molecule has 0 bridgehead atoms. The van der Waals surface area contributed by atoms with E-state index in [4.69, 9.17) is 0 Å². The van der Waals surface area contributed by atoms with E-state index in [1.807, 2.05) is 0 Å². The van der Waals surface area contributed by atoms with E-state index in [0.717, 1.165) is 12.2 Å². The van der Waals surface area contributed by atoms with Crippen molar-refractivity contribution in [1.29, 1.82) is 0 Å². The summed E-state index contributed by atoms with van der Waals surface area (Å²) in [5, 5.41) is 20.0. The molecule has 0 rings (SSSR count). The van der Waals surface area contributed by atoms with E-state index in [0.29, 0.717) is 0 Å². The molecule has 0 amide bonds. The molecule has 0 fully saturated rings. The van der Waals surface area contributed by atoms with Crippen LogP contribution < -0.4 is 10.2 Å². The van der Waals surface area contributed by atoms with Crippen molar-refractivity contribution >= 4 is 11.6 Å². The van der Waals surface area contributed by atoms with Crippen LogP contribution >= 0.6 is 0 Å². The Morgan fingerprint density at radius 3 is 1.00 bits per heavy atom. The second kappa shape index (κ2) is 11.0. The third-order valence-corrected chi connectivity index (χ3v) is 0.813. The second-order valence-electron chi connectivity index (χ2n) is 2.73. The van der Waals surface area contributed by atoms with Gasteiger partial charge in [-0.3, -0.25) is 9.59 Å². The van der Waals surface area contributed by atoms with Crippen LogP contribution in [-0.2, 0) is 26.7 Å². The summed E-state index contributed by atoms with van der Waals surface area (Å²) in [6.45, 7) is 5.39. The van der Waals surface area contributed by atoms with Crippen LogP contribution in [0.25, 0.3) is 0 Å². The Morgan fingerprint density at radius 2 is 1.00 bits per heavy atom. The van der Waals surface area contributed by atoms with Crippen molar-refractivity contribution in [2.45, 2.75) is 27.7 Å². The van der Waals surface area contributed by atoms with Crippen LogP contribution in [0.2, 0.25) is 0 Å². The van der Waals surface area contributed by atoms with Crippen molar-refractivity contribution in [2.75, 3.05) is 0 Å². The van der Waals surface area contributed by atoms with Gasteiger partial charge in [-0.05, 0) is 26.0 Å². The van der Waals surface area contributed by atoms with Gasteiger partial charge in [-0.1, -0.05) is 13.8 Å². The number of carbonyl (C=O) groups is 2. The molecule has 0 aliphatic carbocycles. The molecular formula is C10H14FeO4. The van der Waals surface area contributed by atoms with Gasteiger partial charge in [0.1, 0.15) is 0 Å². The molecule has 5 heteroatoms. The predicted octanol–water partition coefficient (Wildman–Crippen LogP) is -0.324. The van der Waals surface area contributed by atoms with Gasteiger partial charge in [0.05, 0.1) is 0 Å². The zero-order chi connectivity index (χ0) is 11.7. The maximum absolute atomic E-state index is 9.98. The fourth-order valence-electron chi connectivity index (χ4n) is 0.572. The van der Waals surface area contributed by atoms with Gasteiger partial charge in [0, 0.05) is 0 Å². The van der Waals surface area contributed by atoms with E-state index in [-0.39, 0.29) is 40.2 Å². The largest absolute Gasteiger partial charge is 2.00 e. The Bertz CT molecular complexity index is 231. The van der Waals surface area contributed by atoms with Gasteiger partial charge >= 0.3 is 17.1 Å². The van der Waals surface area contributed by atoms with Crippen LogP contribution in [0.15, 0.2) is 23.7 Å². The van der Waals surface area contributed by atoms with Crippen molar-refractivity contribution in [3.05, 3.63) is 23.7 Å². The second-order valence-corrected chi connectivity index (χ2v) is 2.73. The van der Waals surface area contributed by atoms with E-state index in [1.165, 1.54) is 27.7 Å². The Morgan fingerprint density at radius 1 is 0.800 bits per heavy atom. The van der Waals surface area contributed by atoms with Crippen molar-refractivity contribution in [1.82, 2.24) is 0 Å². The average molecular weight is 254 g/mol. The van der Waals surface area contributed by atoms with Gasteiger partial charge in [-0.15, -0.1) is 11.5 Å². The SMILES string of the molecule is CC(=O)/C=C(/C)[O-].CC(=O)/C=C(/C)[O-].[Fe+2]. The summed E-state index contributed by atoms with van der Waals surface area (Å²) in [7, 11) is 0. The van der Waals surface area contributed by atoms with E-state index in [2.05, 4.69) is 0 Å². The summed E-state index contributed by atoms with van der Waals surface area (Å²) in [4.78, 5) is 20.0. The number of rotatable bonds is 2. The summed E-state index contributed by atoms with van der Waals surface area (Å²) >= 11 is 0. The molecule has 15 heavy (non-hydrogen) atoms. The van der Waals surface area contributed by atoms with Crippen molar-refractivity contribution < 1.29 is 36.9 Å². The molecule has 0 aliphatic heterocycles. The molecule has 0 radical (unpaired) electrons. The zero-order valence-electron chi connectivity index (χ0n) is 9.14. The standard InChI is InChI=1S/2C5H8O2.Fe/c2*1-4(6)3-5(2)7;/h2*3,6H,1-2H3;/q;;+2/p-2/b2*4-3-;. The number of hydrogen-bond donors (Lipinski definition) is 0. The van der Waals surface area contributed by atoms with Gasteiger partial charge in [0.2, 0.25) is 0 Å². The minimum atomic E-state index is -0.187. The van der Waals surface area contributed by atoms with E-state index < -0.39 is 0 Å². The van der Waals surface area contributed by atoms with E-state index in [1.54, 1.807) is 0 Å². The Hall–Kier alpha value is -1.06. The molecule has 0 heterocycles. The monoisotopic (exact) mass is 254 g/mol. The maximum atomic E-state index is 9.98. The summed E-state index contributed by atoms with van der Waals surface area (Å²) < 4.78 is 0. The molecule has 86 valence electrons. The third-order valence-electron chi connectivity index (χ3n) is 0.813. The molecule has 0 aromatic carbocycles. The van der Waals surface area contributed by atoms with Crippen LogP contribution in [0.3, 0.4) is 0 Å². The van der Waals surface area contributed by atoms with Crippen LogP contribution in [-0.4, -0.2) is 11.6 Å². The fourth-order valence-corrected chi connectivity index (χ4v) is 0.572. The van der Waals surface area contributed by atoms with Crippen molar-refractivity contribution in [3.63, 3.8) is 0 Å². The number of carbonyl (C=O) groups excluding carboxylic acids is 2. The quantitative estimate of drug-likeness (QED) is 0.384. The maximum Gasteiger partial charge on any atom is 2.00 e. The van der Waals surface area contributed by atoms with Gasteiger partial charge in [-0.25, -0.2) is 0 Å². The first-order chi connectivity index (χ1) is 6.25. The minimum absolute atomic E-state index is 0. The Balaban J connectivity index is -0.000000180. The number of ketones is 2. The first kappa shape index (κ1) is 19.5. The molecule has 0 saturated heterocycles. The van der Waals surface area contributed by atoms with Gasteiger partial charge in [0.15, 0.2) is 11.6 Å². The minimum Gasteiger partial charge on any atom is -0.876 e. The first-order valence-electron chi connectivity index (χ1n) is 3.97. The number of allylic oxidation sites excluding steroid dienone is 4. The van der Waals surface area contributed by atoms with Crippen molar-refractivity contribution in [3.8, 4) is 0 Å². The Kier molecular flexibility index (Phi) is 14.3. The fraction of sp³-hybridized carbons (Fsp3) is 0.400. The molecule has 0 unspecified atom stereocenters. The van der Waals surface area contributed by atoms with Crippen LogP contribution in [0.5, 0.6) is 0 Å². The summed E-state index contributed by atoms with van der Waals surface area (Å²) in [5.41, 5.74) is 0. The Labute approximate surface area is 100 Å². The molecule has 0 spiro atoms. The summed E-state index contributed by atoms with van der Waals surface area (Å²) in [6.07, 6.45) is 2.11. The molecule has 0 atom stereocenters. The van der Waals surface area contributed by atoms with E-state index >= 15 is 0 Å². The summed E-state index contributed by atoms with van der Waals surface area (Å²) in [5.74, 6) is -0.750. The average Bonchev–Trinajstić information content (AvgIpc) is 1.79. The molecule has 4 nitrogen and oxygen atoms in total. The molecule has 0 saturated carbocycles. The zero-order valence-corrected chi connectivity index (χ0v) is 10.2. The van der Waals surface area contributed by atoms with Gasteiger partial charge < -0.3 is 10.2 Å². The van der Waals surface area contributed by atoms with E-state index in [9.17, 15) is 19.8 Å². The molecule has 0 aromatic heterocycles. The molecule has 0 aromatic rings. The van der Waals surface area contributed by atoms with Gasteiger partial charge in [-0.2, -0.15) is 0 Å². The topological polar surface area (TPSA) is 80.3 Å². The molecular weight excluding hydrogens is 240 g/mol. The summed E-state index contributed by atoms with van der Waals surface area (Å²) in [6, 6.07) is 0. The first-order valence-corrected chi connectivity index (χ1v) is 3.97.